The molecule has 10 heteroatoms. The fourth-order valence-electron chi connectivity index (χ4n) is 0.676. The lowest BCUT2D eigenvalue weighted by molar-refractivity contribution is -0.427. The molecule has 0 radical (unpaired) electrons. The number of halogens is 1. The molecule has 0 fully saturated rings. The van der Waals surface area contributed by atoms with Gasteiger partial charge in [-0.1, -0.05) is 3.73 Å². The van der Waals surface area contributed by atoms with E-state index in [2.05, 4.69) is 0 Å². The lowest BCUT2D eigenvalue weighted by Gasteiger charge is -1.88. The molecule has 0 atom stereocenters. The maximum Gasteiger partial charge on any atom is 0.381 e. The maximum absolute atomic E-state index is 11.1. The van der Waals surface area contributed by atoms with Crippen LogP contribution in [0.2, 0.25) is 5.15 Å². The lowest BCUT2D eigenvalue weighted by atomic mass is 11.0. The highest BCUT2D eigenvalue weighted by Gasteiger charge is 2.25. The summed E-state index contributed by atoms with van der Waals surface area (Å²) in [5, 5.41) is -0.139. The largest absolute Gasteiger partial charge is 0.381 e. The monoisotopic (exact) mass is 277 g/mol. The Morgan fingerprint density at radius 3 is 2.07 bits per heavy atom. The number of hydrogen-bond acceptors (Lipinski definition) is 4. The minimum Gasteiger partial charge on any atom is -0.183 e. The first-order valence-electron chi connectivity index (χ1n) is 3.21. The topological polar surface area (TPSA) is 77.1 Å². The number of hydrogen-bond donors (Lipinski definition) is 0. The summed E-state index contributed by atoms with van der Waals surface area (Å²) in [4.78, 5) is 0. The zero-order chi connectivity index (χ0) is 11.1. The second kappa shape index (κ2) is 3.44. The Morgan fingerprint density at radius 2 is 1.86 bits per heavy atom. The zero-order valence-corrected chi connectivity index (χ0v) is 10.5. The molecule has 1 rings (SSSR count). The second-order valence-corrected chi connectivity index (χ2v) is 8.21. The third kappa shape index (κ3) is 2.44. The van der Waals surface area contributed by atoms with E-state index in [0.29, 0.717) is 0 Å². The molecule has 0 aliphatic rings. The average Bonchev–Trinajstić information content (AvgIpc) is 2.27. The molecule has 80 valence electrons. The Labute approximate surface area is 88.5 Å². The fourth-order valence-corrected chi connectivity index (χ4v) is 4.15. The van der Waals surface area contributed by atoms with Crippen molar-refractivity contribution in [3.05, 3.63) is 11.3 Å². The summed E-state index contributed by atoms with van der Waals surface area (Å²) in [5.74, 6) is 0. The van der Waals surface area contributed by atoms with Gasteiger partial charge >= 0.3 is 28.6 Å². The first-order chi connectivity index (χ1) is 6.12. The number of rotatable bonds is 2. The molecule has 0 aliphatic carbocycles. The van der Waals surface area contributed by atoms with Gasteiger partial charge in [-0.3, -0.25) is 0 Å². The first-order valence-corrected chi connectivity index (χ1v) is 8.08. The molecular formula is C4H7ClN2O4PS2+. The van der Waals surface area contributed by atoms with Crippen LogP contribution in [-0.2, 0) is 20.0 Å². The molecule has 6 nitrogen and oxygen atoms in total. The van der Waals surface area contributed by atoms with Crippen LogP contribution in [0.4, 0.5) is 0 Å². The van der Waals surface area contributed by atoms with E-state index in [-0.39, 0.29) is 13.7 Å². The van der Waals surface area contributed by atoms with Gasteiger partial charge in [0.05, 0.1) is 12.5 Å². The van der Waals surface area contributed by atoms with Gasteiger partial charge in [-0.2, -0.15) is 16.8 Å². The summed E-state index contributed by atoms with van der Waals surface area (Å²) < 4.78 is 45.9. The molecule has 0 N–H and O–H groups in total. The number of nitrogens with zero attached hydrogens (tertiary/aromatic N) is 2. The van der Waals surface area contributed by atoms with Crippen LogP contribution in [0.3, 0.4) is 0 Å². The average molecular weight is 278 g/mol. The van der Waals surface area contributed by atoms with Crippen LogP contribution in [0.25, 0.3) is 0 Å². The van der Waals surface area contributed by atoms with Gasteiger partial charge in [0, 0.05) is 0 Å². The molecule has 0 aliphatic heterocycles. The zero-order valence-electron chi connectivity index (χ0n) is 7.25. The molecule has 0 aromatic carbocycles. The van der Waals surface area contributed by atoms with E-state index in [1.807, 2.05) is 0 Å². The smallest absolute Gasteiger partial charge is 0.183 e. The van der Waals surface area contributed by atoms with Crippen LogP contribution in [0.15, 0.2) is 6.20 Å². The van der Waals surface area contributed by atoms with Crippen molar-refractivity contribution < 1.29 is 20.6 Å². The molecular weight excluding hydrogens is 271 g/mol. The Kier molecular flexibility index (Phi) is 2.93. The van der Waals surface area contributed by atoms with Gasteiger partial charge in [0.2, 0.25) is 0 Å². The van der Waals surface area contributed by atoms with E-state index < -0.39 is 20.0 Å². The molecule has 14 heavy (non-hydrogen) atoms. The summed E-state index contributed by atoms with van der Waals surface area (Å²) in [5.41, 5.74) is 0. The van der Waals surface area contributed by atoms with Crippen molar-refractivity contribution >= 4 is 40.2 Å². The van der Waals surface area contributed by atoms with Gasteiger partial charge in [0.1, 0.15) is 0 Å². The van der Waals surface area contributed by atoms with Crippen LogP contribution < -0.4 is 3.73 Å². The van der Waals surface area contributed by atoms with E-state index in [4.69, 9.17) is 11.6 Å². The molecule has 0 spiro atoms. The van der Waals surface area contributed by atoms with Crippen molar-refractivity contribution in [1.29, 1.82) is 0 Å². The molecule has 1 aromatic rings. The van der Waals surface area contributed by atoms with Crippen LogP contribution in [0.5, 0.6) is 0 Å². The van der Waals surface area contributed by atoms with E-state index in [1.165, 1.54) is 0 Å². The van der Waals surface area contributed by atoms with Gasteiger partial charge < -0.3 is 0 Å². The van der Waals surface area contributed by atoms with Crippen LogP contribution >= 0.6 is 20.1 Å². The van der Waals surface area contributed by atoms with Gasteiger partial charge in [-0.25, -0.2) is 0 Å². The van der Waals surface area contributed by atoms with E-state index in [9.17, 15) is 16.8 Å². The summed E-state index contributed by atoms with van der Waals surface area (Å²) in [7, 11) is -7.04. The van der Waals surface area contributed by atoms with E-state index in [0.717, 1.165) is 26.2 Å². The van der Waals surface area contributed by atoms with Crippen molar-refractivity contribution in [2.24, 2.45) is 0 Å². The van der Waals surface area contributed by atoms with Crippen molar-refractivity contribution in [2.45, 2.75) is 0 Å². The fraction of sp³-hybridized carbons (Fsp3) is 0.500. The van der Waals surface area contributed by atoms with Gasteiger partial charge in [0.25, 0.3) is 5.15 Å². The quantitative estimate of drug-likeness (QED) is 0.739. The standard InChI is InChI=1S/C4H7ClN2O4PS2/c1-13(8,9)6-3-4(5)7(12-6)14(2,10)11/h3H,1-2H3/q+1. The van der Waals surface area contributed by atoms with Crippen molar-refractivity contribution in [2.75, 3.05) is 12.5 Å². The van der Waals surface area contributed by atoms with E-state index >= 15 is 0 Å². The highest BCUT2D eigenvalue weighted by molar-refractivity contribution is 7.92. The second-order valence-electron chi connectivity index (χ2n) is 2.58. The first kappa shape index (κ1) is 11.9. The number of aromatic nitrogens is 2. The molecule has 1 heterocycles. The maximum atomic E-state index is 11.1. The van der Waals surface area contributed by atoms with Crippen LogP contribution in [-0.4, -0.2) is 33.1 Å². The summed E-state index contributed by atoms with van der Waals surface area (Å²) in [6.07, 6.45) is 2.97. The predicted molar refractivity (Wildman–Crippen MR) is 52.6 cm³/mol. The SMILES string of the molecule is CS(=O)(=O)n1p[n+](S(C)(=O)=O)cc1Cl. The summed E-state index contributed by atoms with van der Waals surface area (Å²) >= 11 is 5.56. The van der Waals surface area contributed by atoms with Gasteiger partial charge in [0.15, 0.2) is 6.20 Å². The Bertz CT molecular complexity index is 560. The molecule has 0 saturated heterocycles. The Balaban J connectivity index is 3.49. The Hall–Kier alpha value is -0.170. The third-order valence-electron chi connectivity index (χ3n) is 1.22. The van der Waals surface area contributed by atoms with Crippen molar-refractivity contribution in [1.82, 2.24) is 3.73 Å². The third-order valence-corrected chi connectivity index (χ3v) is 6.21. The van der Waals surface area contributed by atoms with E-state index in [1.54, 1.807) is 0 Å². The lowest BCUT2D eigenvalue weighted by Crippen LogP contribution is -2.35. The molecule has 0 unspecified atom stereocenters. The predicted octanol–water partition coefficient (Wildman–Crippen LogP) is -0.375. The highest BCUT2D eigenvalue weighted by Crippen LogP contribution is 2.16. The van der Waals surface area contributed by atoms with Crippen molar-refractivity contribution in [3.8, 4) is 0 Å². The summed E-state index contributed by atoms with van der Waals surface area (Å²) in [6.45, 7) is 0. The van der Waals surface area contributed by atoms with Gasteiger partial charge in [-0.15, -0.1) is 3.73 Å². The minimum absolute atomic E-state index is 0.0305. The van der Waals surface area contributed by atoms with Crippen molar-refractivity contribution in [3.63, 3.8) is 0 Å². The Morgan fingerprint density at radius 1 is 1.36 bits per heavy atom. The molecule has 0 amide bonds. The molecule has 1 aromatic heterocycles. The highest BCUT2D eigenvalue weighted by atomic mass is 35.5. The normalized spacial score (nSPS) is 13.6. The minimum atomic E-state index is -3.53. The molecule has 0 saturated carbocycles. The van der Waals surface area contributed by atoms with Gasteiger partial charge in [-0.05, 0) is 11.6 Å². The van der Waals surface area contributed by atoms with Crippen LogP contribution in [0.1, 0.15) is 0 Å². The van der Waals surface area contributed by atoms with Crippen LogP contribution in [0, 0.1) is 0 Å². The summed E-state index contributed by atoms with van der Waals surface area (Å²) in [6, 6.07) is 0. The molecule has 0 bridgehead atoms.